The van der Waals surface area contributed by atoms with Gasteiger partial charge in [-0.2, -0.15) is 0 Å². The normalized spacial score (nSPS) is 18.9. The molecule has 2 aliphatic heterocycles. The Morgan fingerprint density at radius 2 is 0.780 bits per heavy atom. The summed E-state index contributed by atoms with van der Waals surface area (Å²) >= 11 is 0. The predicted octanol–water partition coefficient (Wildman–Crippen LogP) is 9.28. The third-order valence-electron chi connectivity index (χ3n) is 10.8. The quantitative estimate of drug-likeness (QED) is 0.0476. The number of hydrogen-bond acceptors (Lipinski definition) is 10. The van der Waals surface area contributed by atoms with E-state index in [9.17, 15) is 0 Å². The van der Waals surface area contributed by atoms with Crippen LogP contribution in [0.5, 0.6) is 23.0 Å². The van der Waals surface area contributed by atoms with Crippen LogP contribution in [0.4, 0.5) is 0 Å². The lowest BCUT2D eigenvalue weighted by Crippen LogP contribution is -2.30. The van der Waals surface area contributed by atoms with Crippen molar-refractivity contribution in [1.29, 1.82) is 0 Å². The van der Waals surface area contributed by atoms with Gasteiger partial charge in [0, 0.05) is 10.8 Å². The Kier molecular flexibility index (Phi) is 15.4. The first-order valence-corrected chi connectivity index (χ1v) is 21.0. The molecule has 10 nitrogen and oxygen atoms in total. The van der Waals surface area contributed by atoms with Gasteiger partial charge in [-0.3, -0.25) is 0 Å². The van der Waals surface area contributed by atoms with E-state index in [2.05, 4.69) is 76.2 Å². The molecule has 6 rings (SSSR count). The molecular weight excluding hydrogens is 749 g/mol. The summed E-state index contributed by atoms with van der Waals surface area (Å²) in [6.45, 7) is 22.6. The highest BCUT2D eigenvalue weighted by molar-refractivity contribution is 5.43. The average molecular weight is 813 g/mol. The third-order valence-corrected chi connectivity index (χ3v) is 10.8. The Hall–Kier alpha value is -4.16. The Morgan fingerprint density at radius 1 is 0.458 bits per heavy atom. The van der Waals surface area contributed by atoms with Crippen molar-refractivity contribution in [3.05, 3.63) is 119 Å². The van der Waals surface area contributed by atoms with E-state index in [1.165, 1.54) is 22.3 Å². The molecule has 0 N–H and O–H groups in total. The molecule has 2 saturated heterocycles. The first-order valence-electron chi connectivity index (χ1n) is 21.0. The van der Waals surface area contributed by atoms with Crippen molar-refractivity contribution in [2.75, 3.05) is 46.2 Å². The summed E-state index contributed by atoms with van der Waals surface area (Å²) in [7, 11) is 0. The van der Waals surface area contributed by atoms with E-state index in [-0.39, 0.29) is 41.3 Å². The van der Waals surface area contributed by atoms with Crippen LogP contribution in [-0.4, -0.2) is 89.3 Å². The van der Waals surface area contributed by atoms with Gasteiger partial charge in [0.1, 0.15) is 48.4 Å². The number of hydrogen-bond donors (Lipinski definition) is 0. The van der Waals surface area contributed by atoms with Crippen LogP contribution in [0.15, 0.2) is 97.1 Å². The fourth-order valence-electron chi connectivity index (χ4n) is 6.65. The Labute approximate surface area is 351 Å². The molecule has 10 heteroatoms. The van der Waals surface area contributed by atoms with Crippen LogP contribution in [0.3, 0.4) is 0 Å². The molecule has 4 aromatic carbocycles. The van der Waals surface area contributed by atoms with Gasteiger partial charge in [0.05, 0.1) is 51.3 Å². The van der Waals surface area contributed by atoms with Gasteiger partial charge < -0.3 is 47.4 Å². The summed E-state index contributed by atoms with van der Waals surface area (Å²) in [5.74, 6) is 3.21. The Balaban J connectivity index is 0.835. The molecule has 59 heavy (non-hydrogen) atoms. The Morgan fingerprint density at radius 3 is 1.15 bits per heavy atom. The summed E-state index contributed by atoms with van der Waals surface area (Å²) in [6, 6.07) is 33.0. The minimum absolute atomic E-state index is 0.123. The number of rotatable bonds is 25. The van der Waals surface area contributed by atoms with Crippen LogP contribution in [0.1, 0.15) is 84.6 Å². The summed E-state index contributed by atoms with van der Waals surface area (Å²) in [6.07, 6.45) is -0.842. The zero-order valence-corrected chi connectivity index (χ0v) is 36.3. The Bertz CT molecular complexity index is 1830. The molecule has 0 radical (unpaired) electrons. The highest BCUT2D eigenvalue weighted by Gasteiger charge is 2.27. The second-order valence-electron chi connectivity index (χ2n) is 16.8. The van der Waals surface area contributed by atoms with Crippen LogP contribution in [0.2, 0.25) is 0 Å². The molecule has 0 aromatic heterocycles. The van der Waals surface area contributed by atoms with Gasteiger partial charge in [-0.1, -0.05) is 76.2 Å². The molecule has 4 aromatic rings. The minimum Gasteiger partial charge on any atom is -0.491 e. The molecule has 2 heterocycles. The van der Waals surface area contributed by atoms with Gasteiger partial charge in [0.2, 0.25) is 0 Å². The fraction of sp³-hybridized carbons (Fsp3) is 0.510. The van der Waals surface area contributed by atoms with E-state index in [1.807, 2.05) is 83.1 Å². The van der Waals surface area contributed by atoms with Crippen LogP contribution in [0.25, 0.3) is 0 Å². The van der Waals surface area contributed by atoms with E-state index in [1.54, 1.807) is 0 Å². The van der Waals surface area contributed by atoms with Crippen molar-refractivity contribution in [3.8, 4) is 23.0 Å². The van der Waals surface area contributed by atoms with Crippen LogP contribution >= 0.6 is 0 Å². The molecule has 0 saturated carbocycles. The number of benzene rings is 4. The zero-order chi connectivity index (χ0) is 42.0. The van der Waals surface area contributed by atoms with Gasteiger partial charge in [-0.05, 0) is 105 Å². The summed E-state index contributed by atoms with van der Waals surface area (Å²) < 4.78 is 58.3. The third kappa shape index (κ3) is 13.7. The van der Waals surface area contributed by atoms with Crippen molar-refractivity contribution >= 4 is 0 Å². The first-order chi connectivity index (χ1) is 28.2. The molecule has 0 aliphatic carbocycles. The molecule has 7 unspecified atom stereocenters. The van der Waals surface area contributed by atoms with E-state index in [0.29, 0.717) is 33.0 Å². The lowest BCUT2D eigenvalue weighted by molar-refractivity contribution is -0.140. The standard InChI is InChI=1S/C49H64O10/c1-33(51-28-35(3)57-37(5)59-45-24-16-41(17-25-45)49(8,9)39-12-20-43(21-13-39)54-30-47-32-56-47)26-50-34(2)27-52-36(4)58-44-22-14-40(15-23-44)48(6,7)38-10-18-42(19-11-38)53-29-46-31-55-46/h10-25,33-37,46-47H,26-32H2,1-9H3. The summed E-state index contributed by atoms with van der Waals surface area (Å²) in [4.78, 5) is 0. The molecule has 7 atom stereocenters. The smallest absolute Gasteiger partial charge is 0.197 e. The highest BCUT2D eigenvalue weighted by Crippen LogP contribution is 2.35. The van der Waals surface area contributed by atoms with Crippen molar-refractivity contribution in [2.45, 2.75) is 116 Å². The second kappa shape index (κ2) is 20.4. The van der Waals surface area contributed by atoms with E-state index >= 15 is 0 Å². The topological polar surface area (TPSA) is 98.9 Å². The van der Waals surface area contributed by atoms with E-state index in [4.69, 9.17) is 47.4 Å². The van der Waals surface area contributed by atoms with Crippen molar-refractivity contribution in [3.63, 3.8) is 0 Å². The lowest BCUT2D eigenvalue weighted by atomic mass is 9.78. The molecule has 0 bridgehead atoms. The molecule has 2 fully saturated rings. The highest BCUT2D eigenvalue weighted by atomic mass is 16.7. The monoisotopic (exact) mass is 812 g/mol. The fourth-order valence-corrected chi connectivity index (χ4v) is 6.65. The molecule has 2 aliphatic rings. The van der Waals surface area contributed by atoms with Gasteiger partial charge >= 0.3 is 0 Å². The maximum Gasteiger partial charge on any atom is 0.197 e. The van der Waals surface area contributed by atoms with Crippen molar-refractivity contribution in [2.24, 2.45) is 0 Å². The first kappa shape index (κ1) is 44.4. The zero-order valence-electron chi connectivity index (χ0n) is 36.3. The molecular formula is C49H64O10. The van der Waals surface area contributed by atoms with E-state index < -0.39 is 12.6 Å². The van der Waals surface area contributed by atoms with E-state index in [0.717, 1.165) is 36.2 Å². The summed E-state index contributed by atoms with van der Waals surface area (Å²) in [5, 5.41) is 0. The maximum absolute atomic E-state index is 6.09. The van der Waals surface area contributed by atoms with Gasteiger partial charge in [-0.25, -0.2) is 0 Å². The predicted molar refractivity (Wildman–Crippen MR) is 228 cm³/mol. The minimum atomic E-state index is -0.449. The summed E-state index contributed by atoms with van der Waals surface area (Å²) in [5.41, 5.74) is 4.41. The maximum atomic E-state index is 6.09. The molecule has 0 spiro atoms. The SMILES string of the molecule is CC(COC(C)COC(C)Oc1ccc(C(C)(C)c2ccc(OCC3CO3)cc2)cc1)OCC(C)OC(C)Oc1ccc(C(C)(C)c2ccc(OCC3CO3)cc2)cc1. The molecule has 320 valence electrons. The number of epoxide rings is 2. The largest absolute Gasteiger partial charge is 0.491 e. The van der Waals surface area contributed by atoms with Gasteiger partial charge in [0.25, 0.3) is 0 Å². The van der Waals surface area contributed by atoms with Crippen molar-refractivity contribution < 1.29 is 47.4 Å². The van der Waals surface area contributed by atoms with Crippen LogP contribution in [0, 0.1) is 0 Å². The van der Waals surface area contributed by atoms with Gasteiger partial charge in [0.15, 0.2) is 12.6 Å². The van der Waals surface area contributed by atoms with Crippen LogP contribution in [-0.2, 0) is 39.3 Å². The molecule has 0 amide bonds. The van der Waals surface area contributed by atoms with Crippen molar-refractivity contribution in [1.82, 2.24) is 0 Å². The number of ether oxygens (including phenoxy) is 10. The average Bonchev–Trinajstić information content (AvgIpc) is 4.17. The lowest BCUT2D eigenvalue weighted by Gasteiger charge is -2.27. The van der Waals surface area contributed by atoms with Crippen LogP contribution < -0.4 is 18.9 Å². The van der Waals surface area contributed by atoms with Gasteiger partial charge in [-0.15, -0.1) is 0 Å². The second-order valence-corrected chi connectivity index (χ2v) is 16.8.